The zero-order valence-corrected chi connectivity index (χ0v) is 10.1. The summed E-state index contributed by atoms with van der Waals surface area (Å²) in [5.74, 6) is 0.245. The van der Waals surface area contributed by atoms with Crippen LogP contribution >= 0.6 is 11.8 Å². The summed E-state index contributed by atoms with van der Waals surface area (Å²) in [5.41, 5.74) is 0. The lowest BCUT2D eigenvalue weighted by Gasteiger charge is -2.21. The molecule has 82 valence electrons. The maximum absolute atomic E-state index is 11.0. The maximum Gasteiger partial charge on any atom is 0.315 e. The Labute approximate surface area is 89.6 Å². The van der Waals surface area contributed by atoms with Crippen LogP contribution in [0.25, 0.3) is 0 Å². The van der Waals surface area contributed by atoms with Gasteiger partial charge in [0.15, 0.2) is 0 Å². The second-order valence-corrected chi connectivity index (χ2v) is 5.41. The Morgan fingerprint density at radius 2 is 1.93 bits per heavy atom. The van der Waals surface area contributed by atoms with E-state index >= 15 is 0 Å². The molecule has 0 radical (unpaired) electrons. The summed E-state index contributed by atoms with van der Waals surface area (Å²) in [7, 11) is 0. The van der Waals surface area contributed by atoms with E-state index in [1.165, 1.54) is 11.8 Å². The lowest BCUT2D eigenvalue weighted by atomic mass is 10.1. The van der Waals surface area contributed by atoms with Crippen LogP contribution in [-0.4, -0.2) is 28.9 Å². The molecular weight excluding hydrogens is 200 g/mol. The molecule has 0 aromatic heterocycles. The maximum atomic E-state index is 11.0. The van der Waals surface area contributed by atoms with E-state index in [1.807, 2.05) is 13.8 Å². The SMILES string of the molecule is CCOC(=O)CSC(C)(C)CC(C)=O. The number of ether oxygens (including phenoxy) is 1. The van der Waals surface area contributed by atoms with Crippen molar-refractivity contribution in [2.75, 3.05) is 12.4 Å². The Hall–Kier alpha value is -0.510. The van der Waals surface area contributed by atoms with Crippen LogP contribution in [0.2, 0.25) is 0 Å². The van der Waals surface area contributed by atoms with Gasteiger partial charge in [-0.1, -0.05) is 13.8 Å². The average molecular weight is 218 g/mol. The van der Waals surface area contributed by atoms with Crippen molar-refractivity contribution in [3.05, 3.63) is 0 Å². The summed E-state index contributed by atoms with van der Waals surface area (Å²) in [6.45, 7) is 7.67. The lowest BCUT2D eigenvalue weighted by Crippen LogP contribution is -2.21. The third-order valence-electron chi connectivity index (χ3n) is 1.56. The van der Waals surface area contributed by atoms with Gasteiger partial charge in [0, 0.05) is 11.2 Å². The Bertz CT molecular complexity index is 211. The summed E-state index contributed by atoms with van der Waals surface area (Å²) >= 11 is 1.46. The van der Waals surface area contributed by atoms with E-state index < -0.39 is 0 Å². The van der Waals surface area contributed by atoms with Crippen molar-refractivity contribution in [2.45, 2.75) is 38.9 Å². The molecule has 0 saturated carbocycles. The Balaban J connectivity index is 3.86. The van der Waals surface area contributed by atoms with Gasteiger partial charge in [-0.15, -0.1) is 11.8 Å². The van der Waals surface area contributed by atoms with Crippen molar-refractivity contribution < 1.29 is 14.3 Å². The minimum Gasteiger partial charge on any atom is -0.465 e. The lowest BCUT2D eigenvalue weighted by molar-refractivity contribution is -0.139. The third kappa shape index (κ3) is 6.95. The molecule has 0 N–H and O–H groups in total. The van der Waals surface area contributed by atoms with E-state index in [-0.39, 0.29) is 16.5 Å². The summed E-state index contributed by atoms with van der Waals surface area (Å²) in [6.07, 6.45) is 0.483. The smallest absolute Gasteiger partial charge is 0.315 e. The predicted molar refractivity (Wildman–Crippen MR) is 58.5 cm³/mol. The van der Waals surface area contributed by atoms with Crippen LogP contribution in [0.3, 0.4) is 0 Å². The number of rotatable bonds is 6. The molecule has 0 amide bonds. The minimum absolute atomic E-state index is 0.145. The number of carbonyl (C=O) groups is 2. The van der Waals surface area contributed by atoms with Gasteiger partial charge >= 0.3 is 5.97 Å². The molecule has 0 aromatic carbocycles. The number of Topliss-reactive ketones (excluding diaryl/α,β-unsaturated/α-hetero) is 1. The van der Waals surface area contributed by atoms with Crippen LogP contribution in [0.15, 0.2) is 0 Å². The van der Waals surface area contributed by atoms with Crippen molar-refractivity contribution in [1.29, 1.82) is 0 Å². The molecule has 0 saturated heterocycles. The fraction of sp³-hybridized carbons (Fsp3) is 0.800. The summed E-state index contributed by atoms with van der Waals surface area (Å²) in [5, 5.41) is 0. The van der Waals surface area contributed by atoms with Crippen LogP contribution in [-0.2, 0) is 14.3 Å². The minimum atomic E-state index is -0.214. The van der Waals surface area contributed by atoms with Gasteiger partial charge in [0.2, 0.25) is 0 Å². The normalized spacial score (nSPS) is 11.1. The predicted octanol–water partition coefficient (Wildman–Crippen LogP) is 2.04. The van der Waals surface area contributed by atoms with E-state index in [1.54, 1.807) is 13.8 Å². The molecular formula is C10H18O3S. The third-order valence-corrected chi connectivity index (χ3v) is 2.87. The standard InChI is InChI=1S/C10H18O3S/c1-5-13-9(12)7-14-10(3,4)6-8(2)11/h5-7H2,1-4H3. The molecule has 0 fully saturated rings. The first-order chi connectivity index (χ1) is 6.37. The second kappa shape index (κ2) is 6.06. The highest BCUT2D eigenvalue weighted by Gasteiger charge is 2.22. The van der Waals surface area contributed by atoms with Crippen LogP contribution in [0, 0.1) is 0 Å². The Morgan fingerprint density at radius 1 is 1.36 bits per heavy atom. The van der Waals surface area contributed by atoms with Crippen LogP contribution in [0.5, 0.6) is 0 Å². The molecule has 0 aliphatic heterocycles. The summed E-state index contributed by atoms with van der Waals surface area (Å²) in [4.78, 5) is 21.9. The zero-order chi connectivity index (χ0) is 11.2. The van der Waals surface area contributed by atoms with E-state index in [2.05, 4.69) is 0 Å². The Morgan fingerprint density at radius 3 is 2.36 bits per heavy atom. The summed E-state index contributed by atoms with van der Waals surface area (Å²) < 4.78 is 4.62. The molecule has 0 bridgehead atoms. The fourth-order valence-corrected chi connectivity index (χ4v) is 2.00. The molecule has 0 heterocycles. The van der Waals surface area contributed by atoms with E-state index in [0.717, 1.165) is 0 Å². The van der Waals surface area contributed by atoms with E-state index in [0.29, 0.717) is 18.8 Å². The van der Waals surface area contributed by atoms with Crippen LogP contribution in [0.4, 0.5) is 0 Å². The number of hydrogen-bond acceptors (Lipinski definition) is 4. The van der Waals surface area contributed by atoms with Gasteiger partial charge in [-0.25, -0.2) is 0 Å². The van der Waals surface area contributed by atoms with E-state index in [9.17, 15) is 9.59 Å². The van der Waals surface area contributed by atoms with Gasteiger partial charge in [-0.05, 0) is 13.8 Å². The molecule has 0 unspecified atom stereocenters. The molecule has 0 atom stereocenters. The van der Waals surface area contributed by atoms with Gasteiger partial charge < -0.3 is 4.74 Å². The molecule has 0 spiro atoms. The first kappa shape index (κ1) is 13.5. The number of thioether (sulfide) groups is 1. The first-order valence-electron chi connectivity index (χ1n) is 4.66. The number of hydrogen-bond donors (Lipinski definition) is 0. The highest BCUT2D eigenvalue weighted by molar-refractivity contribution is 8.01. The molecule has 4 heteroatoms. The van der Waals surface area contributed by atoms with Gasteiger partial charge in [-0.2, -0.15) is 0 Å². The molecule has 0 rings (SSSR count). The van der Waals surface area contributed by atoms with Crippen molar-refractivity contribution in [3.8, 4) is 0 Å². The second-order valence-electron chi connectivity index (χ2n) is 3.73. The average Bonchev–Trinajstić information content (AvgIpc) is 1.99. The highest BCUT2D eigenvalue weighted by Crippen LogP contribution is 2.28. The monoisotopic (exact) mass is 218 g/mol. The van der Waals surface area contributed by atoms with Crippen molar-refractivity contribution in [2.24, 2.45) is 0 Å². The number of carbonyl (C=O) groups excluding carboxylic acids is 2. The largest absolute Gasteiger partial charge is 0.465 e. The molecule has 14 heavy (non-hydrogen) atoms. The number of esters is 1. The van der Waals surface area contributed by atoms with Gasteiger partial charge in [-0.3, -0.25) is 9.59 Å². The quantitative estimate of drug-likeness (QED) is 0.640. The number of ketones is 1. The first-order valence-corrected chi connectivity index (χ1v) is 5.65. The van der Waals surface area contributed by atoms with Crippen LogP contribution in [0.1, 0.15) is 34.1 Å². The van der Waals surface area contributed by atoms with Gasteiger partial charge in [0.25, 0.3) is 0 Å². The molecule has 0 aliphatic rings. The zero-order valence-electron chi connectivity index (χ0n) is 9.25. The summed E-state index contributed by atoms with van der Waals surface area (Å²) in [6, 6.07) is 0. The fourth-order valence-electron chi connectivity index (χ4n) is 1.11. The van der Waals surface area contributed by atoms with Gasteiger partial charge in [0.05, 0.1) is 12.4 Å². The highest BCUT2D eigenvalue weighted by atomic mass is 32.2. The van der Waals surface area contributed by atoms with Crippen molar-refractivity contribution >= 4 is 23.5 Å². The topological polar surface area (TPSA) is 43.4 Å². The van der Waals surface area contributed by atoms with Crippen molar-refractivity contribution in [3.63, 3.8) is 0 Å². The molecule has 3 nitrogen and oxygen atoms in total. The van der Waals surface area contributed by atoms with E-state index in [4.69, 9.17) is 4.74 Å². The molecule has 0 aromatic rings. The Kier molecular flexibility index (Phi) is 5.84. The molecule has 0 aliphatic carbocycles. The van der Waals surface area contributed by atoms with Gasteiger partial charge in [0.1, 0.15) is 5.78 Å². The van der Waals surface area contributed by atoms with Crippen LogP contribution < -0.4 is 0 Å². The van der Waals surface area contributed by atoms with Crippen molar-refractivity contribution in [1.82, 2.24) is 0 Å².